The summed E-state index contributed by atoms with van der Waals surface area (Å²) in [7, 11) is -3.82. The molecular formula is C5H15N3O2S. The van der Waals surface area contributed by atoms with E-state index in [-0.39, 0.29) is 6.42 Å². The number of hydrogen-bond acceptors (Lipinski definition) is 4. The van der Waals surface area contributed by atoms with Gasteiger partial charge >= 0.3 is 0 Å². The van der Waals surface area contributed by atoms with Crippen molar-refractivity contribution in [3.05, 3.63) is 0 Å². The molecule has 0 heterocycles. The molecule has 0 amide bonds. The molecule has 0 aliphatic heterocycles. The van der Waals surface area contributed by atoms with E-state index in [0.717, 1.165) is 6.42 Å². The third kappa shape index (κ3) is 3.15. The van der Waals surface area contributed by atoms with Gasteiger partial charge in [-0.3, -0.25) is 11.5 Å². The van der Waals surface area contributed by atoms with Crippen LogP contribution in [0.4, 0.5) is 0 Å². The number of hydrogen-bond donors (Lipinski definition) is 3. The minimum absolute atomic E-state index is 0.197. The van der Waals surface area contributed by atoms with Crippen LogP contribution in [0.5, 0.6) is 0 Å². The van der Waals surface area contributed by atoms with E-state index in [1.807, 2.05) is 6.92 Å². The molecule has 5 nitrogen and oxygen atoms in total. The summed E-state index contributed by atoms with van der Waals surface area (Å²) in [5, 5.41) is 4.78. The molecule has 0 atom stereocenters. The van der Waals surface area contributed by atoms with Crippen LogP contribution < -0.4 is 16.6 Å². The first-order valence-corrected chi connectivity index (χ1v) is 4.96. The average molecular weight is 181 g/mol. The quantitative estimate of drug-likeness (QED) is 0.484. The zero-order valence-electron chi connectivity index (χ0n) is 6.58. The maximum absolute atomic E-state index is 10.7. The molecule has 0 saturated carbocycles. The lowest BCUT2D eigenvalue weighted by atomic mass is 10.2. The number of nitrogens with two attached hydrogens (primary N) is 3. The topological polar surface area (TPSA) is 112 Å². The Hall–Kier alpha value is -0.170. The van der Waals surface area contributed by atoms with E-state index in [9.17, 15) is 8.42 Å². The molecule has 6 N–H and O–H groups in total. The molecule has 0 aliphatic carbocycles. The monoisotopic (exact) mass is 181 g/mol. The number of primary sulfonamides is 1. The minimum atomic E-state index is -3.82. The zero-order chi connectivity index (χ0) is 9.12. The third-order valence-corrected chi connectivity index (χ3v) is 2.71. The van der Waals surface area contributed by atoms with Gasteiger partial charge in [-0.25, -0.2) is 13.6 Å². The molecule has 0 radical (unpaired) electrons. The Bertz CT molecular complexity index is 210. The summed E-state index contributed by atoms with van der Waals surface area (Å²) in [5.41, 5.74) is 10.5. The Morgan fingerprint density at radius 3 is 2.09 bits per heavy atom. The first kappa shape index (κ1) is 10.8. The van der Waals surface area contributed by atoms with Crippen molar-refractivity contribution in [2.45, 2.75) is 31.2 Å². The van der Waals surface area contributed by atoms with E-state index in [0.29, 0.717) is 6.42 Å². The third-order valence-electron chi connectivity index (χ3n) is 1.45. The summed E-state index contributed by atoms with van der Waals surface area (Å²) in [6.45, 7) is 1.92. The number of rotatable bonds is 4. The molecule has 0 spiro atoms. The highest BCUT2D eigenvalue weighted by Gasteiger charge is 2.31. The summed E-state index contributed by atoms with van der Waals surface area (Å²) in [5.74, 6) is 0. The highest BCUT2D eigenvalue weighted by molar-refractivity contribution is 7.90. The van der Waals surface area contributed by atoms with Crippen molar-refractivity contribution >= 4 is 10.0 Å². The second-order valence-corrected chi connectivity index (χ2v) is 4.45. The average Bonchev–Trinajstić information content (AvgIpc) is 1.81. The van der Waals surface area contributed by atoms with Gasteiger partial charge in [-0.2, -0.15) is 0 Å². The molecule has 68 valence electrons. The van der Waals surface area contributed by atoms with Crippen molar-refractivity contribution in [2.75, 3.05) is 0 Å². The van der Waals surface area contributed by atoms with Crippen LogP contribution >= 0.6 is 0 Å². The highest BCUT2D eigenvalue weighted by Crippen LogP contribution is 2.08. The Morgan fingerprint density at radius 2 is 1.82 bits per heavy atom. The van der Waals surface area contributed by atoms with Gasteiger partial charge in [0, 0.05) is 0 Å². The van der Waals surface area contributed by atoms with Crippen LogP contribution in [0.1, 0.15) is 26.2 Å². The van der Waals surface area contributed by atoms with E-state index in [2.05, 4.69) is 0 Å². The van der Waals surface area contributed by atoms with Gasteiger partial charge in [-0.15, -0.1) is 0 Å². The van der Waals surface area contributed by atoms with Crippen molar-refractivity contribution < 1.29 is 8.42 Å². The van der Waals surface area contributed by atoms with Crippen LogP contribution in [0.25, 0.3) is 0 Å². The van der Waals surface area contributed by atoms with Gasteiger partial charge in [0.05, 0.1) is 0 Å². The minimum Gasteiger partial charge on any atom is -0.299 e. The standard InChI is InChI=1S/C5H15N3O2S/c1-2-3-4-5(6,7)11(8,9)10/h2-4,6-7H2,1H3,(H2,8,9,10). The van der Waals surface area contributed by atoms with Crippen LogP contribution in [-0.4, -0.2) is 13.4 Å². The second kappa shape index (κ2) is 3.48. The molecular weight excluding hydrogens is 166 g/mol. The van der Waals surface area contributed by atoms with Crippen LogP contribution in [0.15, 0.2) is 0 Å². The highest BCUT2D eigenvalue weighted by atomic mass is 32.2. The summed E-state index contributed by atoms with van der Waals surface area (Å²) >= 11 is 0. The molecule has 6 heteroatoms. The lowest BCUT2D eigenvalue weighted by Gasteiger charge is -2.20. The summed E-state index contributed by atoms with van der Waals surface area (Å²) in [6.07, 6.45) is 1.69. The van der Waals surface area contributed by atoms with Crippen LogP contribution in [0.3, 0.4) is 0 Å². The van der Waals surface area contributed by atoms with Gasteiger partial charge in [0.15, 0.2) is 4.99 Å². The van der Waals surface area contributed by atoms with Crippen molar-refractivity contribution in [3.63, 3.8) is 0 Å². The lowest BCUT2D eigenvalue weighted by Crippen LogP contribution is -2.58. The van der Waals surface area contributed by atoms with Gasteiger partial charge in [0.1, 0.15) is 0 Å². The van der Waals surface area contributed by atoms with Gasteiger partial charge in [0.2, 0.25) is 10.0 Å². The molecule has 0 unspecified atom stereocenters. The lowest BCUT2D eigenvalue weighted by molar-refractivity contribution is 0.485. The van der Waals surface area contributed by atoms with Crippen molar-refractivity contribution in [1.29, 1.82) is 0 Å². The van der Waals surface area contributed by atoms with Crippen molar-refractivity contribution in [2.24, 2.45) is 16.6 Å². The maximum Gasteiger partial charge on any atom is 0.241 e. The Morgan fingerprint density at radius 1 is 1.36 bits per heavy atom. The molecule has 0 rings (SSSR count). The molecule has 0 aromatic rings. The van der Waals surface area contributed by atoms with Crippen LogP contribution in [0, 0.1) is 0 Å². The van der Waals surface area contributed by atoms with Gasteiger partial charge in [-0.1, -0.05) is 13.3 Å². The molecule has 0 aromatic carbocycles. The maximum atomic E-state index is 10.7. The predicted molar refractivity (Wildman–Crippen MR) is 43.7 cm³/mol. The Kier molecular flexibility index (Phi) is 3.43. The smallest absolute Gasteiger partial charge is 0.241 e. The summed E-state index contributed by atoms with van der Waals surface area (Å²) in [6, 6.07) is 0. The van der Waals surface area contributed by atoms with Crippen molar-refractivity contribution in [1.82, 2.24) is 0 Å². The fourth-order valence-corrected chi connectivity index (χ4v) is 1.02. The second-order valence-electron chi connectivity index (χ2n) is 2.60. The zero-order valence-corrected chi connectivity index (χ0v) is 7.39. The molecule has 0 fully saturated rings. The van der Waals surface area contributed by atoms with Crippen molar-refractivity contribution in [3.8, 4) is 0 Å². The van der Waals surface area contributed by atoms with Crippen LogP contribution in [0.2, 0.25) is 0 Å². The molecule has 0 saturated heterocycles. The summed E-state index contributed by atoms with van der Waals surface area (Å²) in [4.78, 5) is -1.76. The number of unbranched alkanes of at least 4 members (excludes halogenated alkanes) is 1. The fraction of sp³-hybridized carbons (Fsp3) is 1.00. The largest absolute Gasteiger partial charge is 0.299 e. The Balaban J connectivity index is 4.24. The van der Waals surface area contributed by atoms with E-state index in [1.54, 1.807) is 0 Å². The Labute approximate surface area is 67.0 Å². The van der Waals surface area contributed by atoms with E-state index in [4.69, 9.17) is 16.6 Å². The van der Waals surface area contributed by atoms with Crippen LogP contribution in [-0.2, 0) is 10.0 Å². The fourth-order valence-electron chi connectivity index (χ4n) is 0.595. The summed E-state index contributed by atoms with van der Waals surface area (Å²) < 4.78 is 21.4. The van der Waals surface area contributed by atoms with E-state index in [1.165, 1.54) is 0 Å². The SMILES string of the molecule is CCCCC(N)(N)S(N)(=O)=O. The first-order valence-electron chi connectivity index (χ1n) is 3.41. The molecule has 0 aromatic heterocycles. The number of sulfonamides is 1. The molecule has 0 aliphatic rings. The van der Waals surface area contributed by atoms with Gasteiger partial charge < -0.3 is 0 Å². The van der Waals surface area contributed by atoms with Gasteiger partial charge in [0.25, 0.3) is 0 Å². The first-order chi connectivity index (χ1) is 4.81. The normalized spacial score (nSPS) is 13.5. The molecule has 11 heavy (non-hydrogen) atoms. The van der Waals surface area contributed by atoms with Gasteiger partial charge in [-0.05, 0) is 12.8 Å². The van der Waals surface area contributed by atoms with E-state index >= 15 is 0 Å². The van der Waals surface area contributed by atoms with E-state index < -0.39 is 15.0 Å². The molecule has 0 bridgehead atoms. The predicted octanol–water partition coefficient (Wildman–Crippen LogP) is -0.964.